The number of nitrogens with one attached hydrogen (secondary N) is 1. The van der Waals surface area contributed by atoms with Crippen molar-refractivity contribution in [3.05, 3.63) is 141 Å². The molecule has 220 valence electrons. The first kappa shape index (κ1) is 29.9. The average Bonchev–Trinajstić information content (AvgIpc) is 3.36. The molecule has 42 heavy (non-hydrogen) atoms. The van der Waals surface area contributed by atoms with Crippen LogP contribution in [-0.4, -0.2) is 36.7 Å². The molecule has 0 bridgehead atoms. The largest absolute Gasteiger partial charge is 0.411 e. The van der Waals surface area contributed by atoms with Gasteiger partial charge in [-0.15, -0.1) is 0 Å². The van der Waals surface area contributed by atoms with Crippen molar-refractivity contribution < 1.29 is 13.9 Å². The quantitative estimate of drug-likeness (QED) is 0.187. The summed E-state index contributed by atoms with van der Waals surface area (Å²) >= 11 is 0. The predicted molar refractivity (Wildman–Crippen MR) is 167 cm³/mol. The lowest BCUT2D eigenvalue weighted by molar-refractivity contribution is -0.0928. The van der Waals surface area contributed by atoms with Crippen molar-refractivity contribution in [1.29, 1.82) is 0 Å². The van der Waals surface area contributed by atoms with Gasteiger partial charge in [0.15, 0.2) is 8.32 Å². The van der Waals surface area contributed by atoms with Gasteiger partial charge in [0.2, 0.25) is 0 Å². The zero-order chi connectivity index (χ0) is 30.0. The van der Waals surface area contributed by atoms with E-state index in [1.807, 2.05) is 54.6 Å². The Kier molecular flexibility index (Phi) is 8.53. The molecule has 0 saturated carbocycles. The van der Waals surface area contributed by atoms with E-state index in [1.165, 1.54) is 16.8 Å². The molecule has 2 heterocycles. The monoisotopic (exact) mass is 584 g/mol. The third kappa shape index (κ3) is 5.98. The van der Waals surface area contributed by atoms with E-state index in [4.69, 9.17) is 13.9 Å². The van der Waals surface area contributed by atoms with Crippen LogP contribution in [0.5, 0.6) is 0 Å². The molecule has 1 N–H and O–H groups in total. The average molecular weight is 585 g/mol. The van der Waals surface area contributed by atoms with Crippen LogP contribution in [0.15, 0.2) is 113 Å². The van der Waals surface area contributed by atoms with Gasteiger partial charge in [-0.1, -0.05) is 112 Å². The van der Waals surface area contributed by atoms with Crippen molar-refractivity contribution in [2.75, 3.05) is 6.61 Å². The van der Waals surface area contributed by atoms with Gasteiger partial charge < -0.3 is 13.9 Å². The standard InChI is InChI=1S/C34H40N2O5Si/c1-33(2,3)42(4,5)41-28-23-31(36-22-21-30(37)35-32(36)38)40-29(28)24-39-34(25-15-9-6-10-16-25,26-17-11-7-12-18-26)27-19-13-8-14-20-27/h6-22,28-29,31H,23-24H2,1-5H3,(H,35,37,38). The first-order valence-electron chi connectivity index (χ1n) is 14.5. The topological polar surface area (TPSA) is 82.6 Å². The minimum absolute atomic E-state index is 0.0206. The molecule has 0 radical (unpaired) electrons. The van der Waals surface area contributed by atoms with Gasteiger partial charge in [0, 0.05) is 18.7 Å². The minimum atomic E-state index is -2.21. The summed E-state index contributed by atoms with van der Waals surface area (Å²) in [7, 11) is -2.21. The third-order valence-electron chi connectivity index (χ3n) is 8.60. The highest BCUT2D eigenvalue weighted by molar-refractivity contribution is 6.74. The first-order chi connectivity index (χ1) is 20.0. The number of aromatic nitrogens is 2. The summed E-state index contributed by atoms with van der Waals surface area (Å²) in [5, 5.41) is -0.0206. The van der Waals surface area contributed by atoms with Gasteiger partial charge in [0.1, 0.15) is 17.9 Å². The number of hydrogen-bond donors (Lipinski definition) is 1. The second-order valence-corrected chi connectivity index (χ2v) is 17.1. The van der Waals surface area contributed by atoms with Crippen LogP contribution in [0.4, 0.5) is 0 Å². The number of benzene rings is 3. The molecular formula is C34H40N2O5Si. The van der Waals surface area contributed by atoms with Gasteiger partial charge in [-0.25, -0.2) is 4.79 Å². The van der Waals surface area contributed by atoms with Crippen LogP contribution in [0.2, 0.25) is 18.1 Å². The normalized spacial score (nSPS) is 19.6. The molecule has 1 aliphatic heterocycles. The second kappa shape index (κ2) is 12.0. The van der Waals surface area contributed by atoms with E-state index in [0.717, 1.165) is 16.7 Å². The summed E-state index contributed by atoms with van der Waals surface area (Å²) in [5.41, 5.74) is 1.12. The Labute approximate surface area is 248 Å². The molecule has 1 saturated heterocycles. The molecule has 1 aliphatic rings. The van der Waals surface area contributed by atoms with Crippen molar-refractivity contribution in [2.24, 2.45) is 0 Å². The van der Waals surface area contributed by atoms with Crippen LogP contribution in [0, 0.1) is 0 Å². The maximum Gasteiger partial charge on any atom is 0.330 e. The Balaban J connectivity index is 1.56. The lowest BCUT2D eigenvalue weighted by Gasteiger charge is -2.40. The van der Waals surface area contributed by atoms with E-state index < -0.39 is 37.5 Å². The smallest absolute Gasteiger partial charge is 0.330 e. The molecule has 0 amide bonds. The molecule has 3 unspecified atom stereocenters. The van der Waals surface area contributed by atoms with E-state index in [2.05, 4.69) is 75.2 Å². The molecule has 7 nitrogen and oxygen atoms in total. The van der Waals surface area contributed by atoms with E-state index >= 15 is 0 Å². The van der Waals surface area contributed by atoms with Crippen molar-refractivity contribution in [1.82, 2.24) is 9.55 Å². The van der Waals surface area contributed by atoms with Gasteiger partial charge in [-0.05, 0) is 34.8 Å². The Morgan fingerprint density at radius 1 is 0.833 bits per heavy atom. The second-order valence-electron chi connectivity index (χ2n) is 12.4. The van der Waals surface area contributed by atoms with Crippen molar-refractivity contribution in [3.63, 3.8) is 0 Å². The summed E-state index contributed by atoms with van der Waals surface area (Å²) in [6.45, 7) is 11.3. The zero-order valence-corrected chi connectivity index (χ0v) is 25.9. The fourth-order valence-corrected chi connectivity index (χ4v) is 6.69. The molecule has 5 rings (SSSR count). The van der Waals surface area contributed by atoms with Crippen LogP contribution >= 0.6 is 0 Å². The highest BCUT2D eigenvalue weighted by atomic mass is 28.4. The van der Waals surface area contributed by atoms with Crippen molar-refractivity contribution in [3.8, 4) is 0 Å². The van der Waals surface area contributed by atoms with Crippen LogP contribution in [-0.2, 0) is 19.5 Å². The van der Waals surface area contributed by atoms with Gasteiger partial charge in [0.05, 0.1) is 12.7 Å². The highest BCUT2D eigenvalue weighted by Gasteiger charge is 2.47. The summed E-state index contributed by atoms with van der Waals surface area (Å²) in [6.07, 6.45) is 0.577. The van der Waals surface area contributed by atoms with Crippen LogP contribution < -0.4 is 11.2 Å². The highest BCUT2D eigenvalue weighted by Crippen LogP contribution is 2.44. The Bertz CT molecular complexity index is 1480. The van der Waals surface area contributed by atoms with Gasteiger partial charge >= 0.3 is 5.69 Å². The SMILES string of the molecule is CC(C)(C)[Si](C)(C)OC1CC(n2ccc(=O)[nH]c2=O)OC1COC(c1ccccc1)(c1ccccc1)c1ccccc1. The van der Waals surface area contributed by atoms with Crippen molar-refractivity contribution >= 4 is 8.32 Å². The van der Waals surface area contributed by atoms with E-state index in [1.54, 1.807) is 0 Å². The number of H-pyrrole nitrogens is 1. The lowest BCUT2D eigenvalue weighted by atomic mass is 9.80. The number of aromatic amines is 1. The molecule has 3 aromatic carbocycles. The molecule has 1 aromatic heterocycles. The lowest BCUT2D eigenvalue weighted by Crippen LogP contribution is -2.47. The summed E-state index contributed by atoms with van der Waals surface area (Å²) in [4.78, 5) is 26.8. The van der Waals surface area contributed by atoms with Crippen LogP contribution in [0.25, 0.3) is 0 Å². The molecule has 0 aliphatic carbocycles. The zero-order valence-electron chi connectivity index (χ0n) is 24.9. The molecule has 3 atom stereocenters. The van der Waals surface area contributed by atoms with Crippen LogP contribution in [0.1, 0.15) is 50.1 Å². The number of nitrogens with zero attached hydrogens (tertiary/aromatic N) is 1. The number of ether oxygens (including phenoxy) is 2. The van der Waals surface area contributed by atoms with E-state index in [9.17, 15) is 9.59 Å². The molecular weight excluding hydrogens is 544 g/mol. The fourth-order valence-electron chi connectivity index (χ4n) is 5.33. The van der Waals surface area contributed by atoms with E-state index in [-0.39, 0.29) is 17.7 Å². The number of rotatable bonds is 9. The number of hydrogen-bond acceptors (Lipinski definition) is 5. The van der Waals surface area contributed by atoms with Crippen LogP contribution in [0.3, 0.4) is 0 Å². The van der Waals surface area contributed by atoms with Gasteiger partial charge in [-0.2, -0.15) is 0 Å². The molecule has 0 spiro atoms. The van der Waals surface area contributed by atoms with Gasteiger partial charge in [0.25, 0.3) is 5.56 Å². The summed E-state index contributed by atoms with van der Waals surface area (Å²) in [5.74, 6) is 0. The maximum atomic E-state index is 12.7. The first-order valence-corrected chi connectivity index (χ1v) is 17.4. The molecule has 8 heteroatoms. The Morgan fingerprint density at radius 3 is 1.79 bits per heavy atom. The van der Waals surface area contributed by atoms with Crippen molar-refractivity contribution in [2.45, 2.75) is 69.4 Å². The summed E-state index contributed by atoms with van der Waals surface area (Å²) in [6, 6.07) is 32.0. The summed E-state index contributed by atoms with van der Waals surface area (Å²) < 4.78 is 22.0. The Hall–Kier alpha value is -3.56. The third-order valence-corrected chi connectivity index (χ3v) is 13.1. The predicted octanol–water partition coefficient (Wildman–Crippen LogP) is 6.22. The van der Waals surface area contributed by atoms with E-state index in [0.29, 0.717) is 6.42 Å². The fraction of sp³-hybridized carbons (Fsp3) is 0.353. The molecule has 1 fully saturated rings. The Morgan fingerprint density at radius 2 is 1.33 bits per heavy atom. The van der Waals surface area contributed by atoms with Gasteiger partial charge in [-0.3, -0.25) is 14.3 Å². The molecule has 4 aromatic rings. The maximum absolute atomic E-state index is 12.7. The minimum Gasteiger partial charge on any atom is -0.411 e.